The van der Waals surface area contributed by atoms with Crippen molar-refractivity contribution in [2.45, 2.75) is 19.8 Å². The van der Waals surface area contributed by atoms with Gasteiger partial charge in [0.05, 0.1) is 12.7 Å². The predicted molar refractivity (Wildman–Crippen MR) is 61.5 cm³/mol. The third kappa shape index (κ3) is 2.06. The van der Waals surface area contributed by atoms with Gasteiger partial charge in [-0.2, -0.15) is 9.97 Å². The summed E-state index contributed by atoms with van der Waals surface area (Å²) < 4.78 is 6.78. The van der Waals surface area contributed by atoms with Gasteiger partial charge in [-0.1, -0.05) is 13.8 Å². The van der Waals surface area contributed by atoms with Crippen molar-refractivity contribution in [3.63, 3.8) is 0 Å². The summed E-state index contributed by atoms with van der Waals surface area (Å²) in [6, 6.07) is 0. The van der Waals surface area contributed by atoms with Gasteiger partial charge < -0.3 is 9.84 Å². The maximum atomic E-state index is 9.91. The molecule has 17 heavy (non-hydrogen) atoms. The van der Waals surface area contributed by atoms with Gasteiger partial charge in [0, 0.05) is 12.4 Å². The van der Waals surface area contributed by atoms with E-state index in [9.17, 15) is 5.11 Å². The average molecular weight is 234 g/mol. The number of imidazole rings is 1. The Kier molecular flexibility index (Phi) is 2.95. The average Bonchev–Trinajstić information content (AvgIpc) is 2.80. The summed E-state index contributed by atoms with van der Waals surface area (Å²) in [5.74, 6) is 0.745. The molecular weight excluding hydrogens is 220 g/mol. The fourth-order valence-corrected chi connectivity index (χ4v) is 1.58. The Morgan fingerprint density at radius 2 is 2.12 bits per heavy atom. The summed E-state index contributed by atoms with van der Waals surface area (Å²) in [7, 11) is 1.52. The molecule has 0 bridgehead atoms. The number of methoxy groups -OCH3 is 1. The molecule has 0 aliphatic rings. The zero-order chi connectivity index (χ0) is 12.4. The van der Waals surface area contributed by atoms with E-state index in [-0.39, 0.29) is 11.8 Å². The molecule has 0 aliphatic carbocycles. The van der Waals surface area contributed by atoms with E-state index in [0.717, 1.165) is 0 Å². The number of hydrogen-bond donors (Lipinski definition) is 1. The summed E-state index contributed by atoms with van der Waals surface area (Å²) in [4.78, 5) is 12.2. The molecule has 0 aliphatic heterocycles. The van der Waals surface area contributed by atoms with Crippen LogP contribution in [0.5, 0.6) is 11.8 Å². The molecule has 1 N–H and O–H groups in total. The van der Waals surface area contributed by atoms with Gasteiger partial charge in [0.1, 0.15) is 6.33 Å². The fraction of sp³-hybridized carbons (Fsp3) is 0.364. The zero-order valence-corrected chi connectivity index (χ0v) is 9.95. The van der Waals surface area contributed by atoms with Crippen LogP contribution in [0.25, 0.3) is 5.95 Å². The Hall–Kier alpha value is -2.11. The number of hydrogen-bond acceptors (Lipinski definition) is 5. The first-order valence-electron chi connectivity index (χ1n) is 5.26. The third-order valence-electron chi connectivity index (χ3n) is 2.38. The second kappa shape index (κ2) is 4.40. The fourth-order valence-electron chi connectivity index (χ4n) is 1.58. The van der Waals surface area contributed by atoms with Gasteiger partial charge in [-0.05, 0) is 5.92 Å². The highest BCUT2D eigenvalue weighted by molar-refractivity contribution is 5.39. The number of ether oxygens (including phenoxy) is 1. The van der Waals surface area contributed by atoms with Gasteiger partial charge in [0.25, 0.3) is 0 Å². The maximum absolute atomic E-state index is 9.91. The second-order valence-corrected chi connectivity index (χ2v) is 3.89. The minimum atomic E-state index is -0.0597. The lowest BCUT2D eigenvalue weighted by molar-refractivity contribution is 0.372. The number of aromatic hydroxyl groups is 1. The molecule has 0 unspecified atom stereocenters. The van der Waals surface area contributed by atoms with Crippen LogP contribution in [0.4, 0.5) is 0 Å². The number of nitrogens with zero attached hydrogens (tertiary/aromatic N) is 4. The van der Waals surface area contributed by atoms with Gasteiger partial charge in [-0.25, -0.2) is 4.98 Å². The molecule has 2 heterocycles. The van der Waals surface area contributed by atoms with Crippen LogP contribution in [0, 0.1) is 0 Å². The molecule has 0 spiro atoms. The van der Waals surface area contributed by atoms with Crippen molar-refractivity contribution in [3.05, 3.63) is 24.3 Å². The summed E-state index contributed by atoms with van der Waals surface area (Å²) in [6.07, 6.45) is 4.87. The minimum Gasteiger partial charge on any atom is -0.493 e. The van der Waals surface area contributed by atoms with Crippen molar-refractivity contribution in [3.8, 4) is 17.7 Å². The first-order valence-corrected chi connectivity index (χ1v) is 5.26. The van der Waals surface area contributed by atoms with Gasteiger partial charge >= 0.3 is 0 Å². The van der Waals surface area contributed by atoms with Crippen molar-refractivity contribution in [1.82, 2.24) is 19.5 Å². The summed E-state index contributed by atoms with van der Waals surface area (Å²) in [5.41, 5.74) is 0.608. The smallest absolute Gasteiger partial charge is 0.241 e. The summed E-state index contributed by atoms with van der Waals surface area (Å²) in [6.45, 7) is 3.88. The van der Waals surface area contributed by atoms with E-state index in [1.54, 1.807) is 23.3 Å². The lowest BCUT2D eigenvalue weighted by Crippen LogP contribution is -2.05. The van der Waals surface area contributed by atoms with Crippen LogP contribution in [0.1, 0.15) is 25.3 Å². The maximum Gasteiger partial charge on any atom is 0.241 e. The molecule has 6 heteroatoms. The quantitative estimate of drug-likeness (QED) is 0.871. The Morgan fingerprint density at radius 3 is 2.65 bits per heavy atom. The van der Waals surface area contributed by atoms with E-state index in [4.69, 9.17) is 4.74 Å². The van der Waals surface area contributed by atoms with Crippen LogP contribution in [0.2, 0.25) is 0 Å². The lowest BCUT2D eigenvalue weighted by Gasteiger charge is -2.13. The molecule has 0 aromatic carbocycles. The zero-order valence-electron chi connectivity index (χ0n) is 9.95. The molecule has 90 valence electrons. The first-order chi connectivity index (χ1) is 8.13. The van der Waals surface area contributed by atoms with E-state index in [1.807, 2.05) is 13.8 Å². The van der Waals surface area contributed by atoms with Crippen LogP contribution < -0.4 is 4.74 Å². The highest BCUT2D eigenvalue weighted by Crippen LogP contribution is 2.31. The molecule has 0 atom stereocenters. The molecule has 0 fully saturated rings. The van der Waals surface area contributed by atoms with Gasteiger partial charge in [0.2, 0.25) is 17.7 Å². The molecule has 0 saturated heterocycles. The standard InChI is InChI=1S/C11H14N4O2/c1-7(2)8-9(16)13-11(14-10(8)17-3)15-5-4-12-6-15/h4-7H,1-3H3,(H,13,14,16). The summed E-state index contributed by atoms with van der Waals surface area (Å²) in [5, 5.41) is 9.91. The minimum absolute atomic E-state index is 0.0597. The number of aromatic nitrogens is 4. The number of rotatable bonds is 3. The Bertz CT molecular complexity index is 508. The molecule has 6 nitrogen and oxygen atoms in total. The molecule has 0 radical (unpaired) electrons. The Labute approximate surface area is 98.9 Å². The topological polar surface area (TPSA) is 73.1 Å². The summed E-state index contributed by atoms with van der Waals surface area (Å²) >= 11 is 0. The van der Waals surface area contributed by atoms with Gasteiger partial charge in [-0.3, -0.25) is 4.57 Å². The second-order valence-electron chi connectivity index (χ2n) is 3.89. The Morgan fingerprint density at radius 1 is 1.35 bits per heavy atom. The van der Waals surface area contributed by atoms with Crippen LogP contribution >= 0.6 is 0 Å². The monoisotopic (exact) mass is 234 g/mol. The van der Waals surface area contributed by atoms with E-state index in [1.165, 1.54) is 7.11 Å². The first kappa shape index (κ1) is 11.4. The SMILES string of the molecule is COc1nc(-n2ccnc2)nc(O)c1C(C)C. The normalized spacial score (nSPS) is 10.8. The van der Waals surface area contributed by atoms with Crippen LogP contribution in [0.15, 0.2) is 18.7 Å². The van der Waals surface area contributed by atoms with Crippen molar-refractivity contribution < 1.29 is 9.84 Å². The van der Waals surface area contributed by atoms with Crippen LogP contribution in [-0.4, -0.2) is 31.7 Å². The molecule has 0 saturated carbocycles. The molecule has 2 rings (SSSR count). The molecular formula is C11H14N4O2. The predicted octanol–water partition coefficient (Wildman–Crippen LogP) is 1.50. The Balaban J connectivity index is 2.56. The highest BCUT2D eigenvalue weighted by Gasteiger charge is 2.18. The van der Waals surface area contributed by atoms with Gasteiger partial charge in [-0.15, -0.1) is 0 Å². The molecule has 0 amide bonds. The van der Waals surface area contributed by atoms with Crippen LogP contribution in [-0.2, 0) is 0 Å². The van der Waals surface area contributed by atoms with E-state index >= 15 is 0 Å². The van der Waals surface area contributed by atoms with Crippen molar-refractivity contribution in [2.75, 3.05) is 7.11 Å². The van der Waals surface area contributed by atoms with Gasteiger partial charge in [0.15, 0.2) is 0 Å². The lowest BCUT2D eigenvalue weighted by atomic mass is 10.1. The van der Waals surface area contributed by atoms with Crippen molar-refractivity contribution in [1.29, 1.82) is 0 Å². The molecule has 2 aromatic rings. The van der Waals surface area contributed by atoms with Crippen molar-refractivity contribution >= 4 is 0 Å². The largest absolute Gasteiger partial charge is 0.493 e. The van der Waals surface area contributed by atoms with Crippen LogP contribution in [0.3, 0.4) is 0 Å². The highest BCUT2D eigenvalue weighted by atomic mass is 16.5. The van der Waals surface area contributed by atoms with E-state index < -0.39 is 0 Å². The van der Waals surface area contributed by atoms with E-state index in [2.05, 4.69) is 15.0 Å². The third-order valence-corrected chi connectivity index (χ3v) is 2.38. The van der Waals surface area contributed by atoms with Crippen molar-refractivity contribution in [2.24, 2.45) is 0 Å². The molecule has 2 aromatic heterocycles. The van der Waals surface area contributed by atoms with E-state index in [0.29, 0.717) is 17.4 Å².